The van der Waals surface area contributed by atoms with Crippen molar-refractivity contribution in [2.75, 3.05) is 12.4 Å². The van der Waals surface area contributed by atoms with Crippen LogP contribution in [-0.4, -0.2) is 43.8 Å². The highest BCUT2D eigenvalue weighted by Crippen LogP contribution is 2.40. The molecule has 2 aromatic heterocycles. The topological polar surface area (TPSA) is 170 Å². The molecule has 0 aliphatic heterocycles. The van der Waals surface area contributed by atoms with Crippen molar-refractivity contribution in [3.63, 3.8) is 0 Å². The van der Waals surface area contributed by atoms with Crippen LogP contribution in [0.2, 0.25) is 0 Å². The van der Waals surface area contributed by atoms with Gasteiger partial charge in [-0.2, -0.15) is 9.78 Å². The molecule has 0 aliphatic rings. The minimum Gasteiger partial charge on any atom is -0.505 e. The van der Waals surface area contributed by atoms with Crippen LogP contribution in [-0.2, 0) is 0 Å². The Balaban J connectivity index is 1.62. The van der Waals surface area contributed by atoms with Crippen LogP contribution in [0.15, 0.2) is 89.5 Å². The zero-order valence-electron chi connectivity index (χ0n) is 19.9. The number of benzene rings is 3. The van der Waals surface area contributed by atoms with Gasteiger partial charge >= 0.3 is 0 Å². The van der Waals surface area contributed by atoms with E-state index >= 15 is 0 Å². The number of azo groups is 1. The fourth-order valence-electron chi connectivity index (χ4n) is 3.79. The fourth-order valence-corrected chi connectivity index (χ4v) is 3.79. The molecular formula is C26H20N8O4. The maximum absolute atomic E-state index is 13.2. The number of aromatic hydroxyl groups is 1. The van der Waals surface area contributed by atoms with Gasteiger partial charge in [0.05, 0.1) is 24.6 Å². The van der Waals surface area contributed by atoms with Crippen LogP contribution in [0.5, 0.6) is 11.5 Å². The lowest BCUT2D eigenvalue weighted by Gasteiger charge is -2.13. The summed E-state index contributed by atoms with van der Waals surface area (Å²) in [5, 5.41) is 27.6. The first-order chi connectivity index (χ1) is 18.5. The number of aromatic nitrogens is 4. The maximum atomic E-state index is 13.2. The number of anilines is 1. The molecule has 0 atom stereocenters. The van der Waals surface area contributed by atoms with Crippen molar-refractivity contribution in [3.8, 4) is 17.4 Å². The minimum absolute atomic E-state index is 0.00503. The van der Waals surface area contributed by atoms with Crippen LogP contribution in [0.25, 0.3) is 16.7 Å². The van der Waals surface area contributed by atoms with Gasteiger partial charge in [-0.1, -0.05) is 36.4 Å². The van der Waals surface area contributed by atoms with E-state index in [4.69, 9.17) is 10.5 Å². The zero-order chi connectivity index (χ0) is 26.6. The Morgan fingerprint density at radius 3 is 2.50 bits per heavy atom. The van der Waals surface area contributed by atoms with E-state index in [1.807, 2.05) is 0 Å². The summed E-state index contributed by atoms with van der Waals surface area (Å²) in [5.41, 5.74) is 5.86. The highest BCUT2D eigenvalue weighted by atomic mass is 16.5. The van der Waals surface area contributed by atoms with E-state index in [-0.39, 0.29) is 28.6 Å². The Bertz CT molecular complexity index is 1700. The van der Waals surface area contributed by atoms with Gasteiger partial charge in [0.1, 0.15) is 17.0 Å². The van der Waals surface area contributed by atoms with Crippen LogP contribution in [0.1, 0.15) is 20.7 Å². The molecule has 12 nitrogen and oxygen atoms in total. The monoisotopic (exact) mass is 508 g/mol. The van der Waals surface area contributed by atoms with Crippen LogP contribution < -0.4 is 15.8 Å². The first-order valence-electron chi connectivity index (χ1n) is 11.2. The third-order valence-electron chi connectivity index (χ3n) is 5.59. The number of fused-ring (bicyclic) bond motifs is 1. The van der Waals surface area contributed by atoms with Crippen molar-refractivity contribution in [3.05, 3.63) is 90.4 Å². The second-order valence-electron chi connectivity index (χ2n) is 7.90. The largest absolute Gasteiger partial charge is 0.505 e. The summed E-state index contributed by atoms with van der Waals surface area (Å²) >= 11 is 0. The van der Waals surface area contributed by atoms with E-state index in [2.05, 4.69) is 30.6 Å². The van der Waals surface area contributed by atoms with Gasteiger partial charge in [-0.25, -0.2) is 9.97 Å². The number of para-hydroxylation sites is 2. The summed E-state index contributed by atoms with van der Waals surface area (Å²) < 4.78 is 6.49. The van der Waals surface area contributed by atoms with Gasteiger partial charge in [-0.05, 0) is 29.7 Å². The summed E-state index contributed by atoms with van der Waals surface area (Å²) in [5.74, 6) is -1.25. The molecule has 0 unspecified atom stereocenters. The average Bonchev–Trinajstić information content (AvgIpc) is 3.37. The Labute approximate surface area is 215 Å². The Kier molecular flexibility index (Phi) is 6.42. The Hall–Kier alpha value is -5.65. The molecule has 5 aromatic rings. The van der Waals surface area contributed by atoms with Crippen LogP contribution in [0.4, 0.5) is 17.2 Å². The molecule has 0 aliphatic carbocycles. The van der Waals surface area contributed by atoms with E-state index < -0.39 is 17.6 Å². The first-order valence-corrected chi connectivity index (χ1v) is 11.2. The van der Waals surface area contributed by atoms with Crippen LogP contribution >= 0.6 is 0 Å². The smallest absolute Gasteiger partial charge is 0.259 e. The summed E-state index contributed by atoms with van der Waals surface area (Å²) in [6.07, 6.45) is 4.22. The first kappa shape index (κ1) is 24.1. The number of carbonyl (C=O) groups is 2. The van der Waals surface area contributed by atoms with Gasteiger partial charge in [0.25, 0.3) is 17.8 Å². The highest BCUT2D eigenvalue weighted by molar-refractivity contribution is 6.12. The minimum atomic E-state index is -0.792. The van der Waals surface area contributed by atoms with Crippen LogP contribution in [0, 0.1) is 0 Å². The third-order valence-corrected chi connectivity index (χ3v) is 5.59. The molecule has 38 heavy (non-hydrogen) atoms. The SMILES string of the molecule is COc1ccccc1NC(=O)c1cc2ccccc2c(N=Nc2c(C(N)=O)cnn2-c2ncccn2)c1O. The number of rotatable bonds is 7. The van der Waals surface area contributed by atoms with Crippen molar-refractivity contribution >= 4 is 39.8 Å². The number of nitrogens with two attached hydrogens (primary N) is 1. The average molecular weight is 508 g/mol. The van der Waals surface area contributed by atoms with Crippen molar-refractivity contribution in [2.24, 2.45) is 16.0 Å². The van der Waals surface area contributed by atoms with E-state index in [0.717, 1.165) is 0 Å². The molecule has 2 heterocycles. The summed E-state index contributed by atoms with van der Waals surface area (Å²) in [6, 6.07) is 17.1. The molecule has 4 N–H and O–H groups in total. The molecule has 188 valence electrons. The van der Waals surface area contributed by atoms with Crippen molar-refractivity contribution in [2.45, 2.75) is 0 Å². The lowest BCUT2D eigenvalue weighted by molar-refractivity contribution is 0.0997. The van der Waals surface area contributed by atoms with E-state index in [9.17, 15) is 14.7 Å². The van der Waals surface area contributed by atoms with Gasteiger partial charge < -0.3 is 20.9 Å². The number of amides is 2. The zero-order valence-corrected chi connectivity index (χ0v) is 19.9. The lowest BCUT2D eigenvalue weighted by Crippen LogP contribution is -2.13. The maximum Gasteiger partial charge on any atom is 0.259 e. The molecule has 0 radical (unpaired) electrons. The number of primary amides is 1. The second kappa shape index (κ2) is 10.1. The molecule has 0 spiro atoms. The molecule has 12 heteroatoms. The quantitative estimate of drug-likeness (QED) is 0.275. The Morgan fingerprint density at radius 1 is 1.00 bits per heavy atom. The highest BCUT2D eigenvalue weighted by Gasteiger charge is 2.21. The number of ether oxygens (including phenoxy) is 1. The molecule has 0 fully saturated rings. The number of phenols is 1. The van der Waals surface area contributed by atoms with Crippen molar-refractivity contribution < 1.29 is 19.4 Å². The number of phenolic OH excluding ortho intramolecular Hbond substituents is 1. The Morgan fingerprint density at radius 2 is 1.74 bits per heavy atom. The number of carbonyl (C=O) groups excluding carboxylic acids is 2. The number of nitrogens with one attached hydrogen (secondary N) is 1. The van der Waals surface area contributed by atoms with Gasteiger partial charge in [-0.3, -0.25) is 9.59 Å². The van der Waals surface area contributed by atoms with Gasteiger partial charge in [-0.15, -0.1) is 10.2 Å². The summed E-state index contributed by atoms with van der Waals surface area (Å²) in [6.45, 7) is 0. The lowest BCUT2D eigenvalue weighted by atomic mass is 10.0. The fraction of sp³-hybridized carbons (Fsp3) is 0.0385. The predicted octanol–water partition coefficient (Wildman–Crippen LogP) is 4.30. The molecule has 0 bridgehead atoms. The second-order valence-corrected chi connectivity index (χ2v) is 7.90. The summed E-state index contributed by atoms with van der Waals surface area (Å²) in [4.78, 5) is 33.5. The van der Waals surface area contributed by atoms with Gasteiger partial charge in [0.15, 0.2) is 11.6 Å². The van der Waals surface area contributed by atoms with E-state index in [1.165, 1.54) is 30.4 Å². The molecule has 0 saturated carbocycles. The number of hydrogen-bond acceptors (Lipinski definition) is 9. The van der Waals surface area contributed by atoms with Crippen LogP contribution in [0.3, 0.4) is 0 Å². The molecule has 0 saturated heterocycles. The molecular weight excluding hydrogens is 488 g/mol. The van der Waals surface area contributed by atoms with Crippen molar-refractivity contribution in [1.82, 2.24) is 19.7 Å². The van der Waals surface area contributed by atoms with Crippen molar-refractivity contribution in [1.29, 1.82) is 0 Å². The van der Waals surface area contributed by atoms with E-state index in [1.54, 1.807) is 60.7 Å². The molecule has 2 amide bonds. The number of methoxy groups -OCH3 is 1. The predicted molar refractivity (Wildman–Crippen MR) is 138 cm³/mol. The number of hydrogen-bond donors (Lipinski definition) is 3. The summed E-state index contributed by atoms with van der Waals surface area (Å²) in [7, 11) is 1.49. The number of nitrogens with zero attached hydrogens (tertiary/aromatic N) is 6. The third kappa shape index (κ3) is 4.48. The standard InChI is InChI=1S/C26H20N8O4/c1-38-20-10-5-4-9-19(20)31-25(37)17-13-15-7-2-3-8-16(15)21(22(17)35)32-33-24-18(23(27)36)14-30-34(24)26-28-11-6-12-29-26/h2-14,35H,1H3,(H2,27,36)(H,31,37). The molecule has 3 aromatic carbocycles. The van der Waals surface area contributed by atoms with E-state index in [0.29, 0.717) is 22.2 Å². The van der Waals surface area contributed by atoms with Gasteiger partial charge in [0, 0.05) is 17.8 Å². The van der Waals surface area contributed by atoms with Gasteiger partial charge in [0.2, 0.25) is 0 Å². The normalized spacial score (nSPS) is 11.1. The molecule has 5 rings (SSSR count).